The van der Waals surface area contributed by atoms with Crippen LogP contribution in [0.3, 0.4) is 0 Å². The van der Waals surface area contributed by atoms with Crippen LogP contribution in [0.25, 0.3) is 6.08 Å². The van der Waals surface area contributed by atoms with Crippen molar-refractivity contribution in [2.45, 2.75) is 0 Å². The zero-order chi connectivity index (χ0) is 13.1. The molecule has 0 saturated carbocycles. The Morgan fingerprint density at radius 3 is 2.56 bits per heavy atom. The Labute approximate surface area is 112 Å². The van der Waals surface area contributed by atoms with E-state index in [0.29, 0.717) is 10.1 Å². The van der Waals surface area contributed by atoms with Gasteiger partial charge in [-0.3, -0.25) is 14.9 Å². The zero-order valence-corrected chi connectivity index (χ0v) is 11.0. The van der Waals surface area contributed by atoms with E-state index in [1.807, 2.05) is 6.26 Å². The number of nitrogens with zero attached hydrogens (tertiary/aromatic N) is 2. The standard InChI is InChI=1S/C11H8N2O3S2/c1-17-11-12-9(10(14)18-11)6-7-2-4-8(5-3-7)13(15)16/h2-6H,1H3. The molecular formula is C11H8N2O3S2. The lowest BCUT2D eigenvalue weighted by molar-refractivity contribution is -0.384. The van der Waals surface area contributed by atoms with Crippen LogP contribution in [0, 0.1) is 10.1 Å². The van der Waals surface area contributed by atoms with Crippen molar-refractivity contribution < 1.29 is 9.72 Å². The summed E-state index contributed by atoms with van der Waals surface area (Å²) in [5, 5.41) is 10.4. The molecule has 2 rings (SSSR count). The van der Waals surface area contributed by atoms with E-state index in [4.69, 9.17) is 0 Å². The fourth-order valence-electron chi connectivity index (χ4n) is 1.33. The van der Waals surface area contributed by atoms with Crippen LogP contribution in [0.2, 0.25) is 0 Å². The van der Waals surface area contributed by atoms with Crippen LogP contribution in [-0.4, -0.2) is 20.7 Å². The summed E-state index contributed by atoms with van der Waals surface area (Å²) >= 11 is 2.52. The Morgan fingerprint density at radius 2 is 2.06 bits per heavy atom. The van der Waals surface area contributed by atoms with Crippen molar-refractivity contribution in [2.75, 3.05) is 6.26 Å². The molecule has 1 aliphatic heterocycles. The van der Waals surface area contributed by atoms with Crippen molar-refractivity contribution in [3.8, 4) is 0 Å². The monoisotopic (exact) mass is 280 g/mol. The van der Waals surface area contributed by atoms with Gasteiger partial charge in [0.25, 0.3) is 5.69 Å². The molecule has 0 bridgehead atoms. The maximum atomic E-state index is 11.6. The summed E-state index contributed by atoms with van der Waals surface area (Å²) in [5.41, 5.74) is 1.12. The predicted molar refractivity (Wildman–Crippen MR) is 74.6 cm³/mol. The molecule has 0 amide bonds. The first kappa shape index (κ1) is 12.8. The number of non-ortho nitro benzene ring substituents is 1. The van der Waals surface area contributed by atoms with Gasteiger partial charge in [-0.1, -0.05) is 0 Å². The third-order valence-corrected chi connectivity index (χ3v) is 4.03. The quantitative estimate of drug-likeness (QED) is 0.473. The Morgan fingerprint density at radius 1 is 1.39 bits per heavy atom. The highest BCUT2D eigenvalue weighted by atomic mass is 32.2. The Hall–Kier alpha value is -1.60. The molecule has 0 unspecified atom stereocenters. The topological polar surface area (TPSA) is 72.6 Å². The largest absolute Gasteiger partial charge is 0.279 e. The average molecular weight is 280 g/mol. The molecule has 0 atom stereocenters. The van der Waals surface area contributed by atoms with Gasteiger partial charge in [0.2, 0.25) is 5.12 Å². The van der Waals surface area contributed by atoms with E-state index < -0.39 is 4.92 Å². The fraction of sp³-hybridized carbons (Fsp3) is 0.0909. The molecule has 0 N–H and O–H groups in total. The number of thioether (sulfide) groups is 2. The molecule has 0 spiro atoms. The van der Waals surface area contributed by atoms with E-state index in [1.54, 1.807) is 18.2 Å². The molecule has 7 heteroatoms. The van der Waals surface area contributed by atoms with Crippen LogP contribution in [0.5, 0.6) is 0 Å². The minimum Gasteiger partial charge on any atom is -0.279 e. The summed E-state index contributed by atoms with van der Waals surface area (Å²) in [6.07, 6.45) is 3.48. The summed E-state index contributed by atoms with van der Waals surface area (Å²) in [7, 11) is 0. The predicted octanol–water partition coefficient (Wildman–Crippen LogP) is 2.93. The zero-order valence-electron chi connectivity index (χ0n) is 9.32. The fourth-order valence-corrected chi connectivity index (χ4v) is 2.59. The molecule has 1 aromatic rings. The van der Waals surface area contributed by atoms with Gasteiger partial charge in [0.05, 0.1) is 4.92 Å². The Balaban J connectivity index is 2.25. The van der Waals surface area contributed by atoms with Crippen molar-refractivity contribution in [1.29, 1.82) is 0 Å². The third-order valence-electron chi connectivity index (χ3n) is 2.18. The lowest BCUT2D eigenvalue weighted by Gasteiger charge is -1.94. The highest BCUT2D eigenvalue weighted by molar-refractivity contribution is 8.45. The lowest BCUT2D eigenvalue weighted by Crippen LogP contribution is -1.89. The summed E-state index contributed by atoms with van der Waals surface area (Å²) in [5.74, 6) is 0. The SMILES string of the molecule is CSC1=NC(=Cc2ccc([N+](=O)[O-])cc2)C(=O)S1. The summed E-state index contributed by atoms with van der Waals surface area (Å²) in [6, 6.07) is 5.99. The van der Waals surface area contributed by atoms with E-state index in [-0.39, 0.29) is 10.8 Å². The van der Waals surface area contributed by atoms with Crippen molar-refractivity contribution in [3.05, 3.63) is 45.6 Å². The van der Waals surface area contributed by atoms with Gasteiger partial charge in [-0.05, 0) is 41.8 Å². The number of hydrogen-bond donors (Lipinski definition) is 0. The van der Waals surface area contributed by atoms with Crippen molar-refractivity contribution in [3.63, 3.8) is 0 Å². The maximum absolute atomic E-state index is 11.6. The van der Waals surface area contributed by atoms with Crippen LogP contribution < -0.4 is 0 Å². The van der Waals surface area contributed by atoms with Crippen LogP contribution in [-0.2, 0) is 4.79 Å². The Kier molecular flexibility index (Phi) is 3.83. The molecule has 0 aromatic heterocycles. The van der Waals surface area contributed by atoms with Gasteiger partial charge in [0.1, 0.15) is 10.1 Å². The van der Waals surface area contributed by atoms with Crippen molar-refractivity contribution in [1.82, 2.24) is 0 Å². The number of hydrogen-bond acceptors (Lipinski definition) is 6. The van der Waals surface area contributed by atoms with Crippen LogP contribution in [0.4, 0.5) is 5.69 Å². The molecule has 0 saturated heterocycles. The van der Waals surface area contributed by atoms with Crippen LogP contribution in [0.1, 0.15) is 5.56 Å². The Bertz CT molecular complexity index is 564. The van der Waals surface area contributed by atoms with E-state index >= 15 is 0 Å². The van der Waals surface area contributed by atoms with Crippen LogP contribution >= 0.6 is 23.5 Å². The molecular weight excluding hydrogens is 272 g/mol. The molecule has 92 valence electrons. The second kappa shape index (κ2) is 5.36. The first-order valence-electron chi connectivity index (χ1n) is 4.91. The number of nitro benzene ring substituents is 1. The van der Waals surface area contributed by atoms with Gasteiger partial charge in [0, 0.05) is 12.1 Å². The molecule has 18 heavy (non-hydrogen) atoms. The van der Waals surface area contributed by atoms with Gasteiger partial charge in [0.15, 0.2) is 0 Å². The number of nitro groups is 1. The number of carbonyl (C=O) groups excluding carboxylic acids is 1. The first-order chi connectivity index (χ1) is 8.60. The summed E-state index contributed by atoms with van der Waals surface area (Å²) in [4.78, 5) is 25.8. The number of benzene rings is 1. The van der Waals surface area contributed by atoms with E-state index in [2.05, 4.69) is 4.99 Å². The van der Waals surface area contributed by atoms with E-state index in [0.717, 1.165) is 17.3 Å². The molecule has 0 radical (unpaired) electrons. The van der Waals surface area contributed by atoms with Gasteiger partial charge in [-0.2, -0.15) is 0 Å². The van der Waals surface area contributed by atoms with E-state index in [1.165, 1.54) is 23.9 Å². The highest BCUT2D eigenvalue weighted by Gasteiger charge is 2.21. The summed E-state index contributed by atoms with van der Waals surface area (Å²) < 4.78 is 0.716. The second-order valence-electron chi connectivity index (χ2n) is 3.35. The average Bonchev–Trinajstić information content (AvgIpc) is 2.71. The second-order valence-corrected chi connectivity index (χ2v) is 5.36. The summed E-state index contributed by atoms with van der Waals surface area (Å²) in [6.45, 7) is 0. The number of carbonyl (C=O) groups is 1. The van der Waals surface area contributed by atoms with E-state index in [9.17, 15) is 14.9 Å². The molecule has 1 aromatic carbocycles. The maximum Gasteiger partial charge on any atom is 0.269 e. The van der Waals surface area contributed by atoms with Gasteiger partial charge < -0.3 is 0 Å². The van der Waals surface area contributed by atoms with Crippen molar-refractivity contribution >= 4 is 44.8 Å². The minimum absolute atomic E-state index is 0.0255. The molecule has 5 nitrogen and oxygen atoms in total. The number of rotatable bonds is 2. The van der Waals surface area contributed by atoms with Crippen molar-refractivity contribution in [2.24, 2.45) is 4.99 Å². The highest BCUT2D eigenvalue weighted by Crippen LogP contribution is 2.29. The molecule has 0 fully saturated rings. The minimum atomic E-state index is -0.461. The third kappa shape index (κ3) is 2.80. The number of aliphatic imine (C=N–C) groups is 1. The molecule has 1 heterocycles. The van der Waals surface area contributed by atoms with Gasteiger partial charge >= 0.3 is 0 Å². The van der Waals surface area contributed by atoms with Gasteiger partial charge in [-0.15, -0.1) is 11.8 Å². The van der Waals surface area contributed by atoms with Gasteiger partial charge in [-0.25, -0.2) is 4.99 Å². The molecule has 1 aliphatic rings. The lowest BCUT2D eigenvalue weighted by atomic mass is 10.2. The smallest absolute Gasteiger partial charge is 0.269 e. The first-order valence-corrected chi connectivity index (χ1v) is 6.95. The normalized spacial score (nSPS) is 17.1. The molecule has 0 aliphatic carbocycles. The van der Waals surface area contributed by atoms with Crippen LogP contribution in [0.15, 0.2) is 35.0 Å².